The first-order valence-corrected chi connectivity index (χ1v) is 12.9. The Hall–Kier alpha value is -0.700. The van der Waals surface area contributed by atoms with E-state index in [9.17, 15) is 13.2 Å². The van der Waals surface area contributed by atoms with E-state index in [-0.39, 0.29) is 18.0 Å². The molecule has 7 nitrogen and oxygen atoms in total. The number of carbonyl (C=O) groups excluding carboxylic acids is 1. The second-order valence-corrected chi connectivity index (χ2v) is 11.6. The zero-order chi connectivity index (χ0) is 21.2. The fourth-order valence-corrected chi connectivity index (χ4v) is 6.98. The maximum atomic E-state index is 13.1. The first-order chi connectivity index (χ1) is 13.7. The molecule has 3 rings (SSSR count). The molecule has 8 heteroatoms. The Morgan fingerprint density at radius 3 is 2.07 bits per heavy atom. The predicted octanol–water partition coefficient (Wildman–Crippen LogP) is 2.01. The normalized spacial score (nSPS) is 29.9. The fourth-order valence-electron chi connectivity index (χ4n) is 5.40. The molecule has 1 aliphatic carbocycles. The van der Waals surface area contributed by atoms with Gasteiger partial charge in [0.1, 0.15) is 0 Å². The van der Waals surface area contributed by atoms with Gasteiger partial charge in [0.2, 0.25) is 5.91 Å². The molecule has 3 aliphatic rings. The molecule has 0 aromatic heterocycles. The van der Waals surface area contributed by atoms with Crippen LogP contribution in [0, 0.1) is 11.8 Å². The summed E-state index contributed by atoms with van der Waals surface area (Å²) in [7, 11) is -1.68. The molecule has 0 radical (unpaired) electrons. The van der Waals surface area contributed by atoms with Crippen molar-refractivity contribution in [2.24, 2.45) is 11.8 Å². The molecule has 168 valence electrons. The number of hydrogen-bond acceptors (Lipinski definition) is 4. The highest BCUT2D eigenvalue weighted by Gasteiger charge is 2.37. The van der Waals surface area contributed by atoms with Crippen molar-refractivity contribution in [2.75, 3.05) is 46.3 Å². The van der Waals surface area contributed by atoms with Crippen molar-refractivity contribution in [1.29, 1.82) is 0 Å². The van der Waals surface area contributed by atoms with Crippen molar-refractivity contribution < 1.29 is 13.2 Å². The third kappa shape index (κ3) is 5.32. The molecule has 0 aromatic rings. The summed E-state index contributed by atoms with van der Waals surface area (Å²) in [6.45, 7) is 10.2. The Balaban J connectivity index is 1.54. The molecule has 1 amide bonds. The minimum Gasteiger partial charge on any atom is -0.341 e. The van der Waals surface area contributed by atoms with Crippen LogP contribution in [0.25, 0.3) is 0 Å². The summed E-state index contributed by atoms with van der Waals surface area (Å²) < 4.78 is 29.4. The van der Waals surface area contributed by atoms with Gasteiger partial charge in [-0.15, -0.1) is 0 Å². The van der Waals surface area contributed by atoms with E-state index < -0.39 is 10.2 Å². The third-order valence-electron chi connectivity index (χ3n) is 7.14. The highest BCUT2D eigenvalue weighted by molar-refractivity contribution is 7.86. The van der Waals surface area contributed by atoms with E-state index in [0.29, 0.717) is 38.0 Å². The lowest BCUT2D eigenvalue weighted by Gasteiger charge is -2.42. The maximum Gasteiger partial charge on any atom is 0.282 e. The van der Waals surface area contributed by atoms with Crippen LogP contribution in [0.2, 0.25) is 0 Å². The van der Waals surface area contributed by atoms with Gasteiger partial charge in [0, 0.05) is 52.4 Å². The van der Waals surface area contributed by atoms with Crippen LogP contribution in [0.15, 0.2) is 0 Å². The van der Waals surface area contributed by atoms with Crippen LogP contribution in [0.3, 0.4) is 0 Å². The van der Waals surface area contributed by atoms with Gasteiger partial charge >= 0.3 is 0 Å². The molecule has 2 aliphatic heterocycles. The van der Waals surface area contributed by atoms with Crippen molar-refractivity contribution in [2.45, 2.75) is 71.4 Å². The van der Waals surface area contributed by atoms with Crippen LogP contribution in [0.5, 0.6) is 0 Å². The highest BCUT2D eigenvalue weighted by atomic mass is 32.2. The standard InChI is InChI=1S/C21H40N4O3S/c1-17-14-18(2)16-24(15-17)21(26)19(3)23-10-12-25(13-11-23)29(27,28)22(4)20-8-6-5-7-9-20/h17-20H,5-16H2,1-4H3. The van der Waals surface area contributed by atoms with Crippen LogP contribution in [0.1, 0.15) is 59.3 Å². The summed E-state index contributed by atoms with van der Waals surface area (Å²) >= 11 is 0. The average molecular weight is 429 g/mol. The monoisotopic (exact) mass is 428 g/mol. The van der Waals surface area contributed by atoms with E-state index in [1.165, 1.54) is 12.8 Å². The Bertz CT molecular complexity index is 647. The topological polar surface area (TPSA) is 64.2 Å². The number of amides is 1. The molecule has 0 aromatic carbocycles. The molecule has 2 heterocycles. The molecule has 2 saturated heterocycles. The largest absolute Gasteiger partial charge is 0.341 e. The molecule has 3 atom stereocenters. The van der Waals surface area contributed by atoms with Crippen molar-refractivity contribution >= 4 is 16.1 Å². The minimum atomic E-state index is -3.42. The SMILES string of the molecule is CC1CC(C)CN(C(=O)C(C)N2CCN(S(=O)(=O)N(C)C3CCCCC3)CC2)C1. The lowest BCUT2D eigenvalue weighted by atomic mass is 9.91. The Morgan fingerprint density at radius 2 is 1.52 bits per heavy atom. The van der Waals surface area contributed by atoms with Gasteiger partial charge in [-0.3, -0.25) is 9.69 Å². The minimum absolute atomic E-state index is 0.135. The third-order valence-corrected chi connectivity index (χ3v) is 9.18. The lowest BCUT2D eigenvalue weighted by molar-refractivity contribution is -0.139. The molecule has 0 bridgehead atoms. The van der Waals surface area contributed by atoms with Crippen LogP contribution in [-0.4, -0.2) is 91.1 Å². The van der Waals surface area contributed by atoms with E-state index in [0.717, 1.165) is 38.8 Å². The van der Waals surface area contributed by atoms with E-state index >= 15 is 0 Å². The van der Waals surface area contributed by atoms with Gasteiger partial charge in [-0.2, -0.15) is 17.0 Å². The predicted molar refractivity (Wildman–Crippen MR) is 116 cm³/mol. The van der Waals surface area contributed by atoms with Crippen LogP contribution in [-0.2, 0) is 15.0 Å². The summed E-state index contributed by atoms with van der Waals surface area (Å²) in [6, 6.07) is -0.0520. The van der Waals surface area contributed by atoms with E-state index in [4.69, 9.17) is 0 Å². The number of nitrogens with zero attached hydrogens (tertiary/aromatic N) is 4. The van der Waals surface area contributed by atoms with Crippen molar-refractivity contribution in [3.63, 3.8) is 0 Å². The smallest absolute Gasteiger partial charge is 0.282 e. The molecule has 1 saturated carbocycles. The van der Waals surface area contributed by atoms with Crippen LogP contribution >= 0.6 is 0 Å². The van der Waals surface area contributed by atoms with Crippen molar-refractivity contribution in [3.8, 4) is 0 Å². The number of carbonyl (C=O) groups is 1. The second-order valence-electron chi connectivity index (χ2n) is 9.62. The van der Waals surface area contributed by atoms with Crippen molar-refractivity contribution in [1.82, 2.24) is 18.4 Å². The molecular weight excluding hydrogens is 388 g/mol. The van der Waals surface area contributed by atoms with Gasteiger partial charge < -0.3 is 4.90 Å². The number of likely N-dealkylation sites (tertiary alicyclic amines) is 1. The number of piperazine rings is 1. The average Bonchev–Trinajstić information content (AvgIpc) is 2.72. The highest BCUT2D eigenvalue weighted by Crippen LogP contribution is 2.26. The van der Waals surface area contributed by atoms with E-state index in [2.05, 4.69) is 18.7 Å². The first-order valence-electron chi connectivity index (χ1n) is 11.5. The fraction of sp³-hybridized carbons (Fsp3) is 0.952. The van der Waals surface area contributed by atoms with Gasteiger partial charge in [0.25, 0.3) is 10.2 Å². The zero-order valence-electron chi connectivity index (χ0n) is 18.7. The van der Waals surface area contributed by atoms with Gasteiger partial charge in [-0.05, 0) is 38.0 Å². The maximum absolute atomic E-state index is 13.1. The number of rotatable bonds is 5. The number of piperidine rings is 1. The van der Waals surface area contributed by atoms with Gasteiger partial charge in [-0.1, -0.05) is 33.1 Å². The van der Waals surface area contributed by atoms with Gasteiger partial charge in [0.05, 0.1) is 6.04 Å². The Kier molecular flexibility index (Phi) is 7.62. The zero-order valence-corrected chi connectivity index (χ0v) is 19.5. The van der Waals surface area contributed by atoms with Gasteiger partial charge in [0.15, 0.2) is 0 Å². The molecule has 3 unspecified atom stereocenters. The van der Waals surface area contributed by atoms with Gasteiger partial charge in [-0.25, -0.2) is 0 Å². The molecule has 0 N–H and O–H groups in total. The summed E-state index contributed by atoms with van der Waals surface area (Å²) in [6.07, 6.45) is 6.56. The van der Waals surface area contributed by atoms with E-state index in [1.54, 1.807) is 15.7 Å². The first kappa shape index (κ1) is 23.0. The van der Waals surface area contributed by atoms with Crippen LogP contribution in [0.4, 0.5) is 0 Å². The second kappa shape index (κ2) is 9.62. The Morgan fingerprint density at radius 1 is 0.966 bits per heavy atom. The molecular formula is C21H40N4O3S. The van der Waals surface area contributed by atoms with E-state index in [1.807, 2.05) is 11.8 Å². The molecule has 3 fully saturated rings. The molecule has 29 heavy (non-hydrogen) atoms. The summed E-state index contributed by atoms with van der Waals surface area (Å²) in [4.78, 5) is 17.2. The summed E-state index contributed by atoms with van der Waals surface area (Å²) in [5.74, 6) is 1.29. The van der Waals surface area contributed by atoms with Crippen molar-refractivity contribution in [3.05, 3.63) is 0 Å². The number of hydrogen-bond donors (Lipinski definition) is 0. The quantitative estimate of drug-likeness (QED) is 0.672. The summed E-state index contributed by atoms with van der Waals surface area (Å²) in [5.41, 5.74) is 0. The Labute approximate surface area is 177 Å². The molecule has 0 spiro atoms. The lowest BCUT2D eigenvalue weighted by Crippen LogP contribution is -2.58. The van der Waals surface area contributed by atoms with Crippen LogP contribution < -0.4 is 0 Å². The summed E-state index contributed by atoms with van der Waals surface area (Å²) in [5, 5.41) is 0.